The Morgan fingerprint density at radius 2 is 1.39 bits per heavy atom. The zero-order valence-electron chi connectivity index (χ0n) is 12.9. The maximum Gasteiger partial charge on any atom is 0.307 e. The van der Waals surface area contributed by atoms with E-state index in [4.69, 9.17) is 5.11 Å². The van der Waals surface area contributed by atoms with Crippen LogP contribution >= 0.6 is 0 Å². The van der Waals surface area contributed by atoms with Crippen molar-refractivity contribution < 1.29 is 9.90 Å². The molecule has 1 N–H and O–H groups in total. The second kappa shape index (κ2) is 6.99. The first kappa shape index (κ1) is 17.2. The molecule has 0 aliphatic rings. The molecule has 2 nitrogen and oxygen atoms in total. The van der Waals surface area contributed by atoms with Crippen LogP contribution in [0, 0.1) is 17.4 Å². The van der Waals surface area contributed by atoms with Crippen molar-refractivity contribution in [2.24, 2.45) is 5.92 Å². The van der Waals surface area contributed by atoms with Gasteiger partial charge in [-0.3, -0.25) is 4.79 Å². The van der Waals surface area contributed by atoms with Crippen LogP contribution in [0.3, 0.4) is 0 Å². The van der Waals surface area contributed by atoms with E-state index in [9.17, 15) is 4.79 Å². The Bertz CT molecular complexity index is 312. The standard InChI is InChI=1S/C15H28O2Si/c1-11(2)18(12(3)4,13(5)6)10-8-9-14(7)15(16)17/h11-14H,9H2,1-7H3,(H,16,17). The molecule has 0 spiro atoms. The molecular formula is C15H28O2Si. The molecule has 104 valence electrons. The number of rotatable bonds is 5. The van der Waals surface area contributed by atoms with E-state index >= 15 is 0 Å². The number of carboxylic acid groups (broad SMARTS) is 1. The summed E-state index contributed by atoms with van der Waals surface area (Å²) in [6.07, 6.45) is 0.468. The number of carbonyl (C=O) groups is 1. The molecule has 0 aromatic carbocycles. The largest absolute Gasteiger partial charge is 0.481 e. The Labute approximate surface area is 113 Å². The molecule has 1 atom stereocenters. The zero-order chi connectivity index (χ0) is 14.5. The molecule has 0 aromatic heterocycles. The predicted octanol–water partition coefficient (Wildman–Crippen LogP) is 4.32. The van der Waals surface area contributed by atoms with Gasteiger partial charge in [-0.15, -0.1) is 11.5 Å². The van der Waals surface area contributed by atoms with Crippen molar-refractivity contribution in [3.05, 3.63) is 0 Å². The van der Waals surface area contributed by atoms with Crippen LogP contribution in [-0.4, -0.2) is 19.1 Å². The van der Waals surface area contributed by atoms with Gasteiger partial charge in [0.25, 0.3) is 0 Å². The summed E-state index contributed by atoms with van der Waals surface area (Å²) in [5.74, 6) is 2.06. The van der Waals surface area contributed by atoms with Crippen molar-refractivity contribution in [3.8, 4) is 11.5 Å². The first-order chi connectivity index (χ1) is 8.16. The predicted molar refractivity (Wildman–Crippen MR) is 80.2 cm³/mol. The summed E-state index contributed by atoms with van der Waals surface area (Å²) in [5.41, 5.74) is 5.35. The maximum atomic E-state index is 10.8. The second-order valence-electron chi connectivity index (χ2n) is 6.14. The van der Waals surface area contributed by atoms with Gasteiger partial charge in [-0.05, 0) is 16.6 Å². The van der Waals surface area contributed by atoms with Crippen LogP contribution in [0.4, 0.5) is 0 Å². The Balaban J connectivity index is 5.14. The number of hydrogen-bond acceptors (Lipinski definition) is 1. The molecule has 1 unspecified atom stereocenters. The lowest BCUT2D eigenvalue weighted by atomic mass is 10.1. The average Bonchev–Trinajstić information content (AvgIpc) is 2.21. The van der Waals surface area contributed by atoms with Gasteiger partial charge in [0.15, 0.2) is 0 Å². The molecule has 0 bridgehead atoms. The maximum absolute atomic E-state index is 10.8. The Morgan fingerprint density at radius 1 is 1.00 bits per heavy atom. The summed E-state index contributed by atoms with van der Waals surface area (Å²) in [6.45, 7) is 15.3. The smallest absolute Gasteiger partial charge is 0.307 e. The molecule has 0 amide bonds. The molecule has 0 aromatic rings. The Morgan fingerprint density at radius 3 is 1.67 bits per heavy atom. The Hall–Kier alpha value is -0.753. The van der Waals surface area contributed by atoms with Crippen molar-refractivity contribution in [3.63, 3.8) is 0 Å². The molecule has 3 heteroatoms. The van der Waals surface area contributed by atoms with Gasteiger partial charge >= 0.3 is 5.97 Å². The highest BCUT2D eigenvalue weighted by molar-refractivity contribution is 6.90. The first-order valence-corrected chi connectivity index (χ1v) is 9.12. The lowest BCUT2D eigenvalue weighted by Gasteiger charge is -2.38. The van der Waals surface area contributed by atoms with Crippen molar-refractivity contribution in [1.82, 2.24) is 0 Å². The highest BCUT2D eigenvalue weighted by Gasteiger charge is 2.41. The summed E-state index contributed by atoms with van der Waals surface area (Å²) in [6, 6.07) is 0. The molecule has 0 rings (SSSR count). The third kappa shape index (κ3) is 3.88. The highest BCUT2D eigenvalue weighted by Crippen LogP contribution is 2.40. The van der Waals surface area contributed by atoms with E-state index in [1.165, 1.54) is 0 Å². The summed E-state index contributed by atoms with van der Waals surface area (Å²) >= 11 is 0. The van der Waals surface area contributed by atoms with Crippen LogP contribution in [-0.2, 0) is 4.79 Å². The molecule has 0 saturated heterocycles. The van der Waals surface area contributed by atoms with E-state index in [-0.39, 0.29) is 5.92 Å². The van der Waals surface area contributed by atoms with Gasteiger partial charge in [-0.25, -0.2) is 0 Å². The molecule has 18 heavy (non-hydrogen) atoms. The van der Waals surface area contributed by atoms with Crippen LogP contribution in [0.2, 0.25) is 16.6 Å². The third-order valence-electron chi connectivity index (χ3n) is 4.00. The molecular weight excluding hydrogens is 240 g/mol. The van der Waals surface area contributed by atoms with Gasteiger partial charge in [-0.1, -0.05) is 48.5 Å². The van der Waals surface area contributed by atoms with Crippen LogP contribution in [0.5, 0.6) is 0 Å². The summed E-state index contributed by atoms with van der Waals surface area (Å²) in [4.78, 5) is 10.8. The zero-order valence-corrected chi connectivity index (χ0v) is 13.9. The van der Waals surface area contributed by atoms with E-state index in [2.05, 4.69) is 53.0 Å². The van der Waals surface area contributed by atoms with Gasteiger partial charge in [0.2, 0.25) is 0 Å². The summed E-state index contributed by atoms with van der Waals surface area (Å²) in [7, 11) is -1.68. The Kier molecular flexibility index (Phi) is 6.70. The van der Waals surface area contributed by atoms with E-state index in [0.29, 0.717) is 23.0 Å². The molecule has 0 aliphatic carbocycles. The fourth-order valence-corrected chi connectivity index (χ4v) is 8.15. The molecule has 0 saturated carbocycles. The fraction of sp³-hybridized carbons (Fsp3) is 0.800. The van der Waals surface area contributed by atoms with E-state index in [0.717, 1.165) is 0 Å². The minimum Gasteiger partial charge on any atom is -0.481 e. The molecule has 0 fully saturated rings. The fourth-order valence-electron chi connectivity index (χ4n) is 2.88. The van der Waals surface area contributed by atoms with Crippen LogP contribution in [0.15, 0.2) is 0 Å². The van der Waals surface area contributed by atoms with Gasteiger partial charge in [0.1, 0.15) is 8.07 Å². The van der Waals surface area contributed by atoms with Crippen molar-refractivity contribution >= 4 is 14.0 Å². The van der Waals surface area contributed by atoms with Crippen molar-refractivity contribution in [1.29, 1.82) is 0 Å². The van der Waals surface area contributed by atoms with E-state index in [1.807, 2.05) is 0 Å². The lowest BCUT2D eigenvalue weighted by molar-refractivity contribution is -0.140. The van der Waals surface area contributed by atoms with Gasteiger partial charge in [-0.2, -0.15) is 0 Å². The van der Waals surface area contributed by atoms with Crippen molar-refractivity contribution in [2.75, 3.05) is 0 Å². The second-order valence-corrected chi connectivity index (χ2v) is 11.7. The number of aliphatic carboxylic acids is 1. The van der Waals surface area contributed by atoms with E-state index in [1.54, 1.807) is 6.92 Å². The monoisotopic (exact) mass is 268 g/mol. The third-order valence-corrected chi connectivity index (χ3v) is 10.3. The quantitative estimate of drug-likeness (QED) is 0.595. The number of hydrogen-bond donors (Lipinski definition) is 1. The van der Waals surface area contributed by atoms with Gasteiger partial charge in [0, 0.05) is 6.42 Å². The van der Waals surface area contributed by atoms with Crippen molar-refractivity contribution in [2.45, 2.75) is 71.5 Å². The van der Waals surface area contributed by atoms with Gasteiger partial charge in [0.05, 0.1) is 5.92 Å². The lowest BCUT2D eigenvalue weighted by Crippen LogP contribution is -2.43. The minimum atomic E-state index is -1.68. The normalized spacial score (nSPS) is 13.7. The topological polar surface area (TPSA) is 37.3 Å². The summed E-state index contributed by atoms with van der Waals surface area (Å²) < 4.78 is 0. The molecule has 0 heterocycles. The number of carboxylic acids is 1. The van der Waals surface area contributed by atoms with E-state index < -0.39 is 14.0 Å². The molecule has 0 aliphatic heterocycles. The van der Waals surface area contributed by atoms with Crippen LogP contribution in [0.25, 0.3) is 0 Å². The van der Waals surface area contributed by atoms with Crippen LogP contribution < -0.4 is 0 Å². The SMILES string of the molecule is CC(CC#C[Si](C(C)C)(C(C)C)C(C)C)C(=O)O. The van der Waals surface area contributed by atoms with Crippen LogP contribution in [0.1, 0.15) is 54.9 Å². The first-order valence-electron chi connectivity index (χ1n) is 6.89. The van der Waals surface area contributed by atoms with Gasteiger partial charge < -0.3 is 5.11 Å². The highest BCUT2D eigenvalue weighted by atomic mass is 28.3. The molecule has 0 radical (unpaired) electrons. The minimum absolute atomic E-state index is 0.365. The average molecular weight is 268 g/mol. The summed E-state index contributed by atoms with van der Waals surface area (Å²) in [5, 5.41) is 8.88.